The molecule has 0 amide bonds. The summed E-state index contributed by atoms with van der Waals surface area (Å²) in [4.78, 5) is 4.61. The van der Waals surface area contributed by atoms with E-state index in [1.54, 1.807) is 11.8 Å². The summed E-state index contributed by atoms with van der Waals surface area (Å²) < 4.78 is 7.06. The van der Waals surface area contributed by atoms with Crippen molar-refractivity contribution in [3.05, 3.63) is 22.7 Å². The summed E-state index contributed by atoms with van der Waals surface area (Å²) in [6, 6.07) is 6.01. The van der Waals surface area contributed by atoms with Crippen LogP contribution in [0.4, 0.5) is 5.69 Å². The van der Waals surface area contributed by atoms with E-state index in [0.717, 1.165) is 27.9 Å². The molecule has 1 aromatic carbocycles. The number of hydrogen-bond donors (Lipinski definition) is 1. The number of thioether (sulfide) groups is 1. The first-order valence-corrected chi connectivity index (χ1v) is 9.91. The highest BCUT2D eigenvalue weighted by atomic mass is 79.9. The molecule has 1 N–H and O–H groups in total. The van der Waals surface area contributed by atoms with Gasteiger partial charge in [0.05, 0.1) is 0 Å². The van der Waals surface area contributed by atoms with Crippen LogP contribution in [0, 0.1) is 0 Å². The summed E-state index contributed by atoms with van der Waals surface area (Å²) in [6.07, 6.45) is 3.59. The number of ether oxygens (including phenoxy) is 1. The molecule has 1 aromatic heterocycles. The van der Waals surface area contributed by atoms with Crippen molar-refractivity contribution >= 4 is 33.4 Å². The first-order chi connectivity index (χ1) is 11.5. The fourth-order valence-corrected chi connectivity index (χ4v) is 3.67. The minimum atomic E-state index is -0.575. The number of rotatable bonds is 5. The van der Waals surface area contributed by atoms with Gasteiger partial charge >= 0.3 is 0 Å². The summed E-state index contributed by atoms with van der Waals surface area (Å²) in [5, 5.41) is 12.8. The number of hydrogen-bond acceptors (Lipinski definition) is 6. The quantitative estimate of drug-likeness (QED) is 0.546. The molecule has 0 aliphatic carbocycles. The van der Waals surface area contributed by atoms with Crippen LogP contribution in [0.5, 0.6) is 5.88 Å². The average Bonchev–Trinajstić information content (AvgIpc) is 2.63. The van der Waals surface area contributed by atoms with Gasteiger partial charge in [0, 0.05) is 21.5 Å². The van der Waals surface area contributed by atoms with Gasteiger partial charge in [-0.15, -0.1) is 10.2 Å². The number of fused-ring (bicyclic) bond motifs is 3. The number of unbranched alkanes of at least 4 members (excludes halogenated alkanes) is 2. The van der Waals surface area contributed by atoms with Crippen LogP contribution in [0.1, 0.15) is 40.0 Å². The number of anilines is 1. The second-order valence-corrected chi connectivity index (χ2v) is 8.21. The number of benzene rings is 1. The highest BCUT2D eigenvalue weighted by Crippen LogP contribution is 2.40. The Morgan fingerprint density at radius 1 is 1.25 bits per heavy atom. The Labute approximate surface area is 155 Å². The van der Waals surface area contributed by atoms with Gasteiger partial charge in [-0.05, 0) is 38.5 Å². The van der Waals surface area contributed by atoms with Crippen LogP contribution in [0.3, 0.4) is 0 Å². The number of nitrogens with one attached hydrogen (secondary N) is 1. The third kappa shape index (κ3) is 4.00. The Morgan fingerprint density at radius 3 is 2.88 bits per heavy atom. The van der Waals surface area contributed by atoms with Gasteiger partial charge in [-0.3, -0.25) is 0 Å². The van der Waals surface area contributed by atoms with E-state index in [9.17, 15) is 0 Å². The van der Waals surface area contributed by atoms with E-state index < -0.39 is 5.72 Å². The molecule has 2 aromatic rings. The molecule has 0 spiro atoms. The fraction of sp³-hybridized carbons (Fsp3) is 0.471. The van der Waals surface area contributed by atoms with Crippen LogP contribution < -0.4 is 10.1 Å². The van der Waals surface area contributed by atoms with E-state index in [1.165, 1.54) is 12.8 Å². The molecule has 0 radical (unpaired) electrons. The van der Waals surface area contributed by atoms with Crippen molar-refractivity contribution in [1.29, 1.82) is 0 Å². The predicted molar refractivity (Wildman–Crippen MR) is 102 cm³/mol. The summed E-state index contributed by atoms with van der Waals surface area (Å²) in [5.41, 5.74) is 1.99. The highest BCUT2D eigenvalue weighted by Gasteiger charge is 2.30. The topological polar surface area (TPSA) is 59.9 Å². The normalized spacial score (nSPS) is 14.8. The monoisotopic (exact) mass is 408 g/mol. The Balaban J connectivity index is 1.94. The van der Waals surface area contributed by atoms with Gasteiger partial charge in [-0.1, -0.05) is 47.5 Å². The van der Waals surface area contributed by atoms with E-state index in [4.69, 9.17) is 4.74 Å². The SMILES string of the molecule is CCCCCSc1nnc2c(n1)OC(C)(C)Nc1ccc(Br)cc1-2. The molecule has 24 heavy (non-hydrogen) atoms. The molecule has 5 nitrogen and oxygen atoms in total. The minimum Gasteiger partial charge on any atom is -0.450 e. The zero-order valence-electron chi connectivity index (χ0n) is 14.1. The van der Waals surface area contributed by atoms with Crippen LogP contribution in [0.2, 0.25) is 0 Å². The van der Waals surface area contributed by atoms with E-state index >= 15 is 0 Å². The minimum absolute atomic E-state index is 0.525. The number of halogens is 1. The fourth-order valence-electron chi connectivity index (χ4n) is 2.53. The highest BCUT2D eigenvalue weighted by molar-refractivity contribution is 9.10. The van der Waals surface area contributed by atoms with Gasteiger partial charge in [0.2, 0.25) is 11.0 Å². The molecular weight excluding hydrogens is 388 g/mol. The average molecular weight is 409 g/mol. The zero-order chi connectivity index (χ0) is 17.2. The number of nitrogens with zero attached hydrogens (tertiary/aromatic N) is 3. The molecule has 0 unspecified atom stereocenters. The van der Waals surface area contributed by atoms with Gasteiger partial charge < -0.3 is 10.1 Å². The van der Waals surface area contributed by atoms with Crippen LogP contribution >= 0.6 is 27.7 Å². The molecule has 0 bridgehead atoms. The zero-order valence-corrected chi connectivity index (χ0v) is 16.5. The van der Waals surface area contributed by atoms with Crippen LogP contribution in [0.25, 0.3) is 11.3 Å². The summed E-state index contributed by atoms with van der Waals surface area (Å²) in [5.74, 6) is 1.52. The first-order valence-electron chi connectivity index (χ1n) is 8.13. The molecule has 128 valence electrons. The molecule has 3 rings (SSSR count). The van der Waals surface area contributed by atoms with Crippen LogP contribution in [-0.4, -0.2) is 26.7 Å². The molecule has 1 aliphatic rings. The maximum atomic E-state index is 6.08. The molecule has 0 saturated carbocycles. The lowest BCUT2D eigenvalue weighted by molar-refractivity contribution is 0.134. The van der Waals surface area contributed by atoms with Gasteiger partial charge in [0.15, 0.2) is 11.4 Å². The van der Waals surface area contributed by atoms with Gasteiger partial charge in [0.25, 0.3) is 0 Å². The van der Waals surface area contributed by atoms with Crippen molar-refractivity contribution < 1.29 is 4.74 Å². The van der Waals surface area contributed by atoms with E-state index in [-0.39, 0.29) is 0 Å². The van der Waals surface area contributed by atoms with Crippen molar-refractivity contribution in [2.24, 2.45) is 0 Å². The Bertz CT molecular complexity index is 739. The van der Waals surface area contributed by atoms with Crippen molar-refractivity contribution in [1.82, 2.24) is 15.2 Å². The third-order valence-electron chi connectivity index (χ3n) is 3.64. The van der Waals surface area contributed by atoms with E-state index in [1.807, 2.05) is 32.0 Å². The summed E-state index contributed by atoms with van der Waals surface area (Å²) >= 11 is 5.15. The standard InChI is InChI=1S/C17H21BrN4OS/c1-4-5-6-9-24-16-19-15-14(21-22-16)12-10-11(18)7-8-13(12)20-17(2,3)23-15/h7-8,10,20H,4-6,9H2,1-3H3. The summed E-state index contributed by atoms with van der Waals surface area (Å²) in [6.45, 7) is 6.15. The van der Waals surface area contributed by atoms with E-state index in [2.05, 4.69) is 43.4 Å². The predicted octanol–water partition coefficient (Wildman–Crippen LogP) is 5.12. The Kier molecular flexibility index (Phi) is 5.30. The van der Waals surface area contributed by atoms with Crippen molar-refractivity contribution in [3.8, 4) is 17.1 Å². The van der Waals surface area contributed by atoms with Crippen LogP contribution in [-0.2, 0) is 0 Å². The molecule has 1 aliphatic heterocycles. The molecule has 2 heterocycles. The summed E-state index contributed by atoms with van der Waals surface area (Å²) in [7, 11) is 0. The van der Waals surface area contributed by atoms with Gasteiger partial charge in [-0.2, -0.15) is 4.98 Å². The first kappa shape index (κ1) is 17.5. The molecule has 0 fully saturated rings. The number of aromatic nitrogens is 3. The molecule has 7 heteroatoms. The smallest absolute Gasteiger partial charge is 0.247 e. The van der Waals surface area contributed by atoms with Crippen molar-refractivity contribution in [2.45, 2.75) is 50.9 Å². The lowest BCUT2D eigenvalue weighted by atomic mass is 10.1. The van der Waals surface area contributed by atoms with Crippen molar-refractivity contribution in [3.63, 3.8) is 0 Å². The molecule has 0 atom stereocenters. The van der Waals surface area contributed by atoms with E-state index in [0.29, 0.717) is 16.7 Å². The van der Waals surface area contributed by atoms with Crippen LogP contribution in [0.15, 0.2) is 27.8 Å². The van der Waals surface area contributed by atoms with Crippen molar-refractivity contribution in [2.75, 3.05) is 11.1 Å². The lowest BCUT2D eigenvalue weighted by Crippen LogP contribution is -2.37. The second-order valence-electron chi connectivity index (χ2n) is 6.23. The van der Waals surface area contributed by atoms with Gasteiger partial charge in [-0.25, -0.2) is 0 Å². The third-order valence-corrected chi connectivity index (χ3v) is 5.06. The second kappa shape index (κ2) is 7.27. The Morgan fingerprint density at radius 2 is 2.08 bits per heavy atom. The van der Waals surface area contributed by atoms with Gasteiger partial charge in [0.1, 0.15) is 0 Å². The largest absolute Gasteiger partial charge is 0.450 e. The molecule has 0 saturated heterocycles. The lowest BCUT2D eigenvalue weighted by Gasteiger charge is -2.26. The maximum absolute atomic E-state index is 6.08. The molecular formula is C17H21BrN4OS. The Hall–Kier alpha value is -1.34. The maximum Gasteiger partial charge on any atom is 0.247 e.